The topological polar surface area (TPSA) is 90.3 Å². The summed E-state index contributed by atoms with van der Waals surface area (Å²) in [6.45, 7) is 5.03. The lowest BCUT2D eigenvalue weighted by molar-refractivity contribution is -0.144. The number of phenols is 1. The third kappa shape index (κ3) is 6.25. The highest BCUT2D eigenvalue weighted by Gasteiger charge is 2.58. The van der Waals surface area contributed by atoms with Gasteiger partial charge in [0.15, 0.2) is 0 Å². The van der Waals surface area contributed by atoms with Crippen LogP contribution in [0.1, 0.15) is 63.0 Å². The van der Waals surface area contributed by atoms with Crippen molar-refractivity contribution in [3.05, 3.63) is 81.4 Å². The van der Waals surface area contributed by atoms with Crippen LogP contribution in [0.15, 0.2) is 65.3 Å². The summed E-state index contributed by atoms with van der Waals surface area (Å²) in [4.78, 5) is 31.8. The van der Waals surface area contributed by atoms with E-state index in [0.717, 1.165) is 74.9 Å². The van der Waals surface area contributed by atoms with Crippen LogP contribution < -0.4 is 0 Å². The summed E-state index contributed by atoms with van der Waals surface area (Å²) < 4.78 is 6.35. The summed E-state index contributed by atoms with van der Waals surface area (Å²) in [5.74, 6) is -0.934. The molecule has 3 fully saturated rings. The maximum absolute atomic E-state index is 14.0. The summed E-state index contributed by atoms with van der Waals surface area (Å²) in [7, 11) is 0. The van der Waals surface area contributed by atoms with Crippen LogP contribution in [-0.2, 0) is 20.9 Å². The Morgan fingerprint density at radius 3 is 2.52 bits per heavy atom. The Labute approximate surface area is 265 Å². The number of ether oxygens (including phenoxy) is 1. The van der Waals surface area contributed by atoms with E-state index in [-0.39, 0.29) is 42.2 Å². The highest BCUT2D eigenvalue weighted by molar-refractivity contribution is 6.32. The first-order valence-electron chi connectivity index (χ1n) is 16.1. The van der Waals surface area contributed by atoms with Gasteiger partial charge >= 0.3 is 0 Å². The zero-order valence-corrected chi connectivity index (χ0v) is 26.2. The molecule has 4 atom stereocenters. The number of carbonyl (C=O) groups excluding carboxylic acids is 2. The number of amides is 2. The minimum absolute atomic E-state index is 0.0428. The van der Waals surface area contributed by atoms with E-state index in [0.29, 0.717) is 18.1 Å². The van der Waals surface area contributed by atoms with Gasteiger partial charge in [-0.15, -0.1) is 0 Å². The summed E-state index contributed by atoms with van der Waals surface area (Å²) in [5, 5.41) is 20.7. The highest BCUT2D eigenvalue weighted by Crippen LogP contribution is 2.50. The summed E-state index contributed by atoms with van der Waals surface area (Å²) >= 11 is 6.38. The molecule has 44 heavy (non-hydrogen) atoms. The molecule has 2 N–H and O–H groups in total. The summed E-state index contributed by atoms with van der Waals surface area (Å²) in [6, 6.07) is 15.4. The average Bonchev–Trinajstić information content (AvgIpc) is 3.56. The molecule has 0 saturated carbocycles. The maximum atomic E-state index is 14.0. The molecule has 8 heteroatoms. The number of hydrogen-bond acceptors (Lipinski definition) is 6. The number of hydrogen-bond donors (Lipinski definition) is 2. The average molecular weight is 619 g/mol. The Balaban J connectivity index is 1.13. The molecule has 2 aromatic carbocycles. The second-order valence-electron chi connectivity index (χ2n) is 12.8. The largest absolute Gasteiger partial charge is 0.508 e. The van der Waals surface area contributed by atoms with E-state index in [2.05, 4.69) is 42.2 Å². The molecule has 2 aromatic rings. The third-order valence-corrected chi connectivity index (χ3v) is 10.4. The first-order valence-corrected chi connectivity index (χ1v) is 16.5. The van der Waals surface area contributed by atoms with Crippen molar-refractivity contribution in [1.82, 2.24) is 9.80 Å². The molecule has 2 amide bonds. The fraction of sp³-hybridized carbons (Fsp3) is 0.500. The van der Waals surface area contributed by atoms with Crippen LogP contribution in [0.2, 0.25) is 5.02 Å². The lowest BCUT2D eigenvalue weighted by Gasteiger charge is -2.36. The smallest absolute Gasteiger partial charge is 0.234 e. The SMILES string of the molecule is CCC/C(=C\c1ccc(O)cc1Cl)CC[C@H]1OC[C@H]2C1=C(CO)C[C@H]1C(=O)N(C3CCN(Cc4ccccc4)CC3)C(=O)[C@H]12. The van der Waals surface area contributed by atoms with Gasteiger partial charge in [-0.2, -0.15) is 0 Å². The molecule has 0 radical (unpaired) electrons. The van der Waals surface area contributed by atoms with E-state index < -0.39 is 11.8 Å². The van der Waals surface area contributed by atoms with Gasteiger partial charge in [0.25, 0.3) is 0 Å². The molecule has 0 bridgehead atoms. The van der Waals surface area contributed by atoms with Crippen molar-refractivity contribution in [2.24, 2.45) is 17.8 Å². The first kappa shape index (κ1) is 31.0. The number of fused-ring (bicyclic) bond motifs is 3. The Morgan fingerprint density at radius 2 is 1.82 bits per heavy atom. The van der Waals surface area contributed by atoms with E-state index >= 15 is 0 Å². The Bertz CT molecular complexity index is 1430. The summed E-state index contributed by atoms with van der Waals surface area (Å²) in [5.41, 5.74) is 5.31. The van der Waals surface area contributed by atoms with E-state index in [4.69, 9.17) is 16.3 Å². The number of allylic oxidation sites excluding steroid dienone is 1. The molecule has 3 aliphatic heterocycles. The first-order chi connectivity index (χ1) is 21.4. The maximum Gasteiger partial charge on any atom is 0.234 e. The van der Waals surface area contributed by atoms with Crippen LogP contribution in [0.3, 0.4) is 0 Å². The van der Waals surface area contributed by atoms with Crippen molar-refractivity contribution in [2.45, 2.75) is 70.6 Å². The van der Waals surface area contributed by atoms with E-state index in [9.17, 15) is 19.8 Å². The van der Waals surface area contributed by atoms with Gasteiger partial charge < -0.3 is 14.9 Å². The van der Waals surface area contributed by atoms with Gasteiger partial charge in [0.1, 0.15) is 5.75 Å². The number of likely N-dealkylation sites (tertiary alicyclic amines) is 2. The third-order valence-electron chi connectivity index (χ3n) is 10.0. The molecule has 0 unspecified atom stereocenters. The van der Waals surface area contributed by atoms with E-state index in [1.807, 2.05) is 12.1 Å². The molecule has 1 aliphatic carbocycles. The van der Waals surface area contributed by atoms with Gasteiger partial charge in [-0.05, 0) is 79.0 Å². The van der Waals surface area contributed by atoms with E-state index in [1.165, 1.54) is 11.1 Å². The molecular weight excluding hydrogens is 576 g/mol. The van der Waals surface area contributed by atoms with Crippen LogP contribution in [-0.4, -0.2) is 70.3 Å². The lowest BCUT2D eigenvalue weighted by Crippen LogP contribution is -2.47. The van der Waals surface area contributed by atoms with Gasteiger partial charge in [0, 0.05) is 31.6 Å². The fourth-order valence-corrected chi connectivity index (χ4v) is 8.17. The molecular formula is C36H43ClN2O5. The fourth-order valence-electron chi connectivity index (χ4n) is 7.94. The normalized spacial score (nSPS) is 26.4. The van der Waals surface area contributed by atoms with Crippen molar-refractivity contribution in [3.63, 3.8) is 0 Å². The van der Waals surface area contributed by atoms with Crippen LogP contribution in [0.4, 0.5) is 0 Å². The second-order valence-corrected chi connectivity index (χ2v) is 13.2. The van der Waals surface area contributed by atoms with E-state index in [1.54, 1.807) is 17.0 Å². The second kappa shape index (κ2) is 13.6. The number of imide groups is 1. The molecule has 0 spiro atoms. The van der Waals surface area contributed by atoms with Crippen molar-refractivity contribution in [3.8, 4) is 5.75 Å². The zero-order chi connectivity index (χ0) is 30.8. The lowest BCUT2D eigenvalue weighted by atomic mass is 9.69. The number of carbonyl (C=O) groups is 2. The van der Waals surface area contributed by atoms with Gasteiger partial charge in [0.05, 0.1) is 36.2 Å². The van der Waals surface area contributed by atoms with Crippen molar-refractivity contribution in [1.29, 1.82) is 0 Å². The van der Waals surface area contributed by atoms with Crippen molar-refractivity contribution in [2.75, 3.05) is 26.3 Å². The van der Waals surface area contributed by atoms with Gasteiger partial charge in [-0.3, -0.25) is 19.4 Å². The molecule has 3 saturated heterocycles. The van der Waals surface area contributed by atoms with Crippen LogP contribution >= 0.6 is 11.6 Å². The molecule has 234 valence electrons. The number of aromatic hydroxyl groups is 1. The molecule has 4 aliphatic rings. The number of nitrogens with zero attached hydrogens (tertiary/aromatic N) is 2. The molecule has 7 nitrogen and oxygen atoms in total. The van der Waals surface area contributed by atoms with Gasteiger partial charge in [-0.1, -0.05) is 66.9 Å². The monoisotopic (exact) mass is 618 g/mol. The van der Waals surface area contributed by atoms with Crippen LogP contribution in [0.5, 0.6) is 5.75 Å². The van der Waals surface area contributed by atoms with Gasteiger partial charge in [-0.25, -0.2) is 0 Å². The van der Waals surface area contributed by atoms with Crippen LogP contribution in [0.25, 0.3) is 6.08 Å². The number of rotatable bonds is 10. The highest BCUT2D eigenvalue weighted by atomic mass is 35.5. The van der Waals surface area contributed by atoms with Crippen molar-refractivity contribution < 1.29 is 24.5 Å². The molecule has 0 aromatic heterocycles. The predicted molar refractivity (Wildman–Crippen MR) is 171 cm³/mol. The Kier molecular flexibility index (Phi) is 9.57. The number of aliphatic hydroxyl groups is 1. The Morgan fingerprint density at radius 1 is 1.05 bits per heavy atom. The minimum atomic E-state index is -0.407. The number of aliphatic hydroxyl groups excluding tert-OH is 1. The minimum Gasteiger partial charge on any atom is -0.508 e. The number of phenolic OH excluding ortho intramolecular Hbond substituents is 1. The quantitative estimate of drug-likeness (QED) is 0.251. The number of piperidine rings is 1. The molecule has 3 heterocycles. The standard InChI is InChI=1S/C36H43ClN2O5/c1-2-6-23(17-25-10-11-28(41)19-31(25)37)9-12-32-33-26(21-40)18-29-34(30(33)22-44-32)36(43)39(35(29)42)27-13-15-38(16-14-27)20-24-7-4-3-5-8-24/h3-5,7-8,10-11,17,19,27,29-30,32,34,40-41H,2,6,9,12-16,18,20-22H2,1H3/b23-17+/t29-,30+,32-,34-/m1/s1. The molecule has 6 rings (SSSR count). The number of benzene rings is 2. The summed E-state index contributed by atoms with van der Waals surface area (Å²) in [6.07, 6.45) is 7.35. The van der Waals surface area contributed by atoms with Gasteiger partial charge in [0.2, 0.25) is 11.8 Å². The predicted octanol–water partition coefficient (Wildman–Crippen LogP) is 5.98. The Hall–Kier alpha value is -2.97. The number of halogens is 1. The van der Waals surface area contributed by atoms with Crippen LogP contribution in [0, 0.1) is 17.8 Å². The zero-order valence-electron chi connectivity index (χ0n) is 25.5. The van der Waals surface area contributed by atoms with Crippen molar-refractivity contribution >= 4 is 29.5 Å².